The molecule has 2 aliphatic rings. The van der Waals surface area contributed by atoms with Gasteiger partial charge in [-0.05, 0) is 45.2 Å². The summed E-state index contributed by atoms with van der Waals surface area (Å²) >= 11 is 0. The summed E-state index contributed by atoms with van der Waals surface area (Å²) in [7, 11) is 0. The summed E-state index contributed by atoms with van der Waals surface area (Å²) in [5, 5.41) is 14.4. The van der Waals surface area contributed by atoms with Crippen molar-refractivity contribution in [2.45, 2.75) is 52.1 Å². The maximum atomic E-state index is 13.0. The third kappa shape index (κ3) is 3.69. The van der Waals surface area contributed by atoms with Crippen LogP contribution in [0.5, 0.6) is 0 Å². The van der Waals surface area contributed by atoms with Gasteiger partial charge in [0, 0.05) is 37.2 Å². The van der Waals surface area contributed by atoms with Gasteiger partial charge in [0.15, 0.2) is 0 Å². The predicted octanol–water partition coefficient (Wildman–Crippen LogP) is 0.637. The number of aliphatic hydroxyl groups excluding tert-OH is 1. The fourth-order valence-electron chi connectivity index (χ4n) is 4.65. The summed E-state index contributed by atoms with van der Waals surface area (Å²) in [4.78, 5) is 29.3. The first-order chi connectivity index (χ1) is 12.5. The molecular formula is C19H30N4O3. The first kappa shape index (κ1) is 19.0. The van der Waals surface area contributed by atoms with Gasteiger partial charge in [-0.25, -0.2) is 4.68 Å². The lowest BCUT2D eigenvalue weighted by Gasteiger charge is -2.54. The van der Waals surface area contributed by atoms with Crippen molar-refractivity contribution in [1.82, 2.24) is 19.6 Å². The average molecular weight is 362 g/mol. The van der Waals surface area contributed by atoms with Crippen LogP contribution in [0, 0.1) is 12.3 Å². The van der Waals surface area contributed by atoms with Crippen LogP contribution in [-0.4, -0.2) is 69.4 Å². The summed E-state index contributed by atoms with van der Waals surface area (Å²) in [5.74, 6) is -0.0725. The zero-order valence-corrected chi connectivity index (χ0v) is 15.9. The molecule has 0 aliphatic carbocycles. The van der Waals surface area contributed by atoms with Crippen molar-refractivity contribution in [1.29, 1.82) is 0 Å². The Labute approximate surface area is 154 Å². The van der Waals surface area contributed by atoms with Gasteiger partial charge in [-0.2, -0.15) is 5.10 Å². The SMILES string of the molecule is CCCN1CC[C@H]2N(C(=O)Cn3nc(C)ccc3=O)CCC[C@]2(CO)C1. The topological polar surface area (TPSA) is 78.7 Å². The minimum atomic E-state index is -0.257. The summed E-state index contributed by atoms with van der Waals surface area (Å²) < 4.78 is 1.25. The zero-order chi connectivity index (χ0) is 18.7. The Morgan fingerprint density at radius 2 is 2.19 bits per heavy atom. The van der Waals surface area contributed by atoms with Crippen molar-refractivity contribution in [3.8, 4) is 0 Å². The van der Waals surface area contributed by atoms with Crippen molar-refractivity contribution < 1.29 is 9.90 Å². The average Bonchev–Trinajstić information content (AvgIpc) is 2.64. The van der Waals surface area contributed by atoms with Gasteiger partial charge in [-0.1, -0.05) is 6.92 Å². The second-order valence-corrected chi connectivity index (χ2v) is 7.76. The number of aryl methyl sites for hydroxylation is 1. The van der Waals surface area contributed by atoms with E-state index in [-0.39, 0.29) is 36.1 Å². The van der Waals surface area contributed by atoms with Crippen LogP contribution in [0.15, 0.2) is 16.9 Å². The summed E-state index contributed by atoms with van der Waals surface area (Å²) in [5.41, 5.74) is 0.215. The van der Waals surface area contributed by atoms with Crippen LogP contribution in [0.25, 0.3) is 0 Å². The number of aliphatic hydroxyl groups is 1. The van der Waals surface area contributed by atoms with Gasteiger partial charge in [0.05, 0.1) is 12.3 Å². The highest BCUT2D eigenvalue weighted by Crippen LogP contribution is 2.41. The van der Waals surface area contributed by atoms with Crippen LogP contribution in [0.4, 0.5) is 0 Å². The molecule has 2 atom stereocenters. The molecule has 0 radical (unpaired) electrons. The van der Waals surface area contributed by atoms with E-state index in [9.17, 15) is 14.7 Å². The number of hydrogen-bond acceptors (Lipinski definition) is 5. The lowest BCUT2D eigenvalue weighted by Crippen LogP contribution is -2.64. The molecule has 1 aromatic rings. The molecule has 2 aliphatic heterocycles. The molecule has 26 heavy (non-hydrogen) atoms. The first-order valence-electron chi connectivity index (χ1n) is 9.66. The number of rotatable bonds is 5. The molecule has 2 fully saturated rings. The molecule has 3 rings (SSSR count). The molecule has 144 valence electrons. The van der Waals surface area contributed by atoms with Crippen LogP contribution in [0.1, 0.15) is 38.3 Å². The van der Waals surface area contributed by atoms with E-state index in [1.165, 1.54) is 10.7 Å². The molecule has 7 heteroatoms. The monoisotopic (exact) mass is 362 g/mol. The molecule has 1 N–H and O–H groups in total. The van der Waals surface area contributed by atoms with Crippen molar-refractivity contribution >= 4 is 5.91 Å². The Balaban J connectivity index is 1.78. The number of piperidine rings is 2. The maximum Gasteiger partial charge on any atom is 0.267 e. The van der Waals surface area contributed by atoms with Crippen LogP contribution in [0.3, 0.4) is 0 Å². The van der Waals surface area contributed by atoms with Gasteiger partial charge >= 0.3 is 0 Å². The number of fused-ring (bicyclic) bond motifs is 1. The standard InChI is InChI=1S/C19H30N4O3/c1-3-9-21-11-7-16-19(13-21,14-24)8-4-10-22(16)18(26)12-23-17(25)6-5-15(2)20-23/h5-6,16,24H,3-4,7-14H2,1-2H3/t16-,19-/m1/s1. The fraction of sp³-hybridized carbons (Fsp3) is 0.737. The fourth-order valence-corrected chi connectivity index (χ4v) is 4.65. The summed E-state index contributed by atoms with van der Waals surface area (Å²) in [6, 6.07) is 3.15. The molecule has 0 unspecified atom stereocenters. The number of nitrogens with zero attached hydrogens (tertiary/aromatic N) is 4. The molecule has 1 amide bonds. The van der Waals surface area contributed by atoms with Gasteiger partial charge in [0.1, 0.15) is 6.54 Å². The van der Waals surface area contributed by atoms with Gasteiger partial charge in [0.25, 0.3) is 5.56 Å². The van der Waals surface area contributed by atoms with Crippen molar-refractivity contribution in [2.24, 2.45) is 5.41 Å². The van der Waals surface area contributed by atoms with E-state index in [4.69, 9.17) is 0 Å². The largest absolute Gasteiger partial charge is 0.396 e. The van der Waals surface area contributed by atoms with E-state index in [1.807, 2.05) is 11.8 Å². The minimum absolute atomic E-state index is 0.0306. The van der Waals surface area contributed by atoms with E-state index < -0.39 is 0 Å². The van der Waals surface area contributed by atoms with Crippen molar-refractivity contribution in [3.63, 3.8) is 0 Å². The number of hydrogen-bond donors (Lipinski definition) is 1. The Morgan fingerprint density at radius 3 is 2.92 bits per heavy atom. The Kier molecular flexibility index (Phi) is 5.77. The maximum absolute atomic E-state index is 13.0. The van der Waals surface area contributed by atoms with Crippen molar-refractivity contribution in [3.05, 3.63) is 28.2 Å². The highest BCUT2D eigenvalue weighted by Gasteiger charge is 2.48. The van der Waals surface area contributed by atoms with Gasteiger partial charge < -0.3 is 14.9 Å². The molecule has 3 heterocycles. The van der Waals surface area contributed by atoms with Crippen molar-refractivity contribution in [2.75, 3.05) is 32.8 Å². The molecule has 0 saturated carbocycles. The number of carbonyl (C=O) groups is 1. The number of carbonyl (C=O) groups excluding carboxylic acids is 1. The Hall–Kier alpha value is -1.73. The van der Waals surface area contributed by atoms with Crippen LogP contribution in [0.2, 0.25) is 0 Å². The molecule has 7 nitrogen and oxygen atoms in total. The quantitative estimate of drug-likeness (QED) is 0.832. The van der Waals surface area contributed by atoms with Gasteiger partial charge in [0.2, 0.25) is 5.91 Å². The predicted molar refractivity (Wildman–Crippen MR) is 98.8 cm³/mol. The molecule has 2 saturated heterocycles. The Morgan fingerprint density at radius 1 is 1.38 bits per heavy atom. The highest BCUT2D eigenvalue weighted by molar-refractivity contribution is 5.76. The Bertz CT molecular complexity index is 704. The lowest BCUT2D eigenvalue weighted by molar-refractivity contribution is -0.147. The van der Waals surface area contributed by atoms with E-state index in [2.05, 4.69) is 16.9 Å². The number of likely N-dealkylation sites (tertiary alicyclic amines) is 2. The van der Waals surface area contributed by atoms with Crippen LogP contribution in [-0.2, 0) is 11.3 Å². The third-order valence-corrected chi connectivity index (χ3v) is 5.87. The highest BCUT2D eigenvalue weighted by atomic mass is 16.3. The normalized spacial score (nSPS) is 26.6. The van der Waals surface area contributed by atoms with E-state index in [0.717, 1.165) is 45.3 Å². The van der Waals surface area contributed by atoms with E-state index >= 15 is 0 Å². The minimum Gasteiger partial charge on any atom is -0.396 e. The third-order valence-electron chi connectivity index (χ3n) is 5.87. The molecule has 0 bridgehead atoms. The zero-order valence-electron chi connectivity index (χ0n) is 15.9. The van der Waals surface area contributed by atoms with E-state index in [1.54, 1.807) is 6.07 Å². The number of aromatic nitrogens is 2. The molecule has 1 aromatic heterocycles. The van der Waals surface area contributed by atoms with Gasteiger partial charge in [-0.15, -0.1) is 0 Å². The van der Waals surface area contributed by atoms with Crippen LogP contribution < -0.4 is 5.56 Å². The number of amides is 1. The van der Waals surface area contributed by atoms with Crippen LogP contribution >= 0.6 is 0 Å². The lowest BCUT2D eigenvalue weighted by atomic mass is 9.69. The van der Waals surface area contributed by atoms with Gasteiger partial charge in [-0.3, -0.25) is 9.59 Å². The molecular weight excluding hydrogens is 332 g/mol. The summed E-state index contributed by atoms with van der Waals surface area (Å²) in [6.45, 7) is 7.57. The molecule has 0 aromatic carbocycles. The molecule has 0 spiro atoms. The smallest absolute Gasteiger partial charge is 0.267 e. The summed E-state index contributed by atoms with van der Waals surface area (Å²) in [6.07, 6.45) is 3.80. The first-order valence-corrected chi connectivity index (χ1v) is 9.66. The second-order valence-electron chi connectivity index (χ2n) is 7.76. The second kappa shape index (κ2) is 7.88. The van der Waals surface area contributed by atoms with E-state index in [0.29, 0.717) is 12.2 Å².